The van der Waals surface area contributed by atoms with Gasteiger partial charge in [0.05, 0.1) is 5.52 Å². The largest absolute Gasteiger partial charge is 0.324 e. The SMILES string of the molecule is Cc1cccc(C)c1C(N)Cc1ccnc2ccccc12. The second kappa shape index (κ2) is 5.66. The van der Waals surface area contributed by atoms with E-state index in [1.54, 1.807) is 0 Å². The number of nitrogens with zero attached hydrogens (tertiary/aromatic N) is 1. The predicted molar refractivity (Wildman–Crippen MR) is 88.3 cm³/mol. The Morgan fingerprint density at radius 1 is 0.952 bits per heavy atom. The van der Waals surface area contributed by atoms with Gasteiger partial charge in [-0.05, 0) is 54.7 Å². The second-order valence-electron chi connectivity index (χ2n) is 5.60. The van der Waals surface area contributed by atoms with Crippen LogP contribution >= 0.6 is 0 Å². The molecule has 0 aliphatic heterocycles. The molecular formula is C19H20N2. The van der Waals surface area contributed by atoms with Crippen LogP contribution in [-0.4, -0.2) is 4.98 Å². The lowest BCUT2D eigenvalue weighted by Gasteiger charge is -2.18. The van der Waals surface area contributed by atoms with E-state index in [-0.39, 0.29) is 6.04 Å². The van der Waals surface area contributed by atoms with Gasteiger partial charge in [-0.1, -0.05) is 36.4 Å². The number of para-hydroxylation sites is 1. The number of benzene rings is 2. The highest BCUT2D eigenvalue weighted by Gasteiger charge is 2.13. The van der Waals surface area contributed by atoms with Crippen LogP contribution in [0.2, 0.25) is 0 Å². The van der Waals surface area contributed by atoms with Crippen LogP contribution in [0.3, 0.4) is 0 Å². The van der Waals surface area contributed by atoms with Crippen molar-refractivity contribution in [2.45, 2.75) is 26.3 Å². The third-order valence-corrected chi connectivity index (χ3v) is 4.09. The van der Waals surface area contributed by atoms with Gasteiger partial charge in [-0.25, -0.2) is 0 Å². The van der Waals surface area contributed by atoms with Crippen molar-refractivity contribution in [1.29, 1.82) is 0 Å². The number of aryl methyl sites for hydroxylation is 2. The van der Waals surface area contributed by atoms with Gasteiger partial charge in [-0.2, -0.15) is 0 Å². The van der Waals surface area contributed by atoms with Crippen LogP contribution < -0.4 is 5.73 Å². The number of nitrogens with two attached hydrogens (primary N) is 1. The Hall–Kier alpha value is -2.19. The van der Waals surface area contributed by atoms with Gasteiger partial charge in [0.2, 0.25) is 0 Å². The number of hydrogen-bond donors (Lipinski definition) is 1. The number of hydrogen-bond acceptors (Lipinski definition) is 2. The third-order valence-electron chi connectivity index (χ3n) is 4.09. The third kappa shape index (κ3) is 2.67. The quantitative estimate of drug-likeness (QED) is 0.782. The summed E-state index contributed by atoms with van der Waals surface area (Å²) in [6.07, 6.45) is 2.70. The Kier molecular flexibility index (Phi) is 3.72. The van der Waals surface area contributed by atoms with Crippen molar-refractivity contribution in [3.63, 3.8) is 0 Å². The Labute approximate surface area is 125 Å². The van der Waals surface area contributed by atoms with Crippen molar-refractivity contribution >= 4 is 10.9 Å². The lowest BCUT2D eigenvalue weighted by Crippen LogP contribution is -2.16. The van der Waals surface area contributed by atoms with Crippen LogP contribution in [0.25, 0.3) is 10.9 Å². The molecule has 106 valence electrons. The Morgan fingerprint density at radius 3 is 2.43 bits per heavy atom. The molecular weight excluding hydrogens is 256 g/mol. The summed E-state index contributed by atoms with van der Waals surface area (Å²) in [7, 11) is 0. The molecule has 0 aliphatic carbocycles. The summed E-state index contributed by atoms with van der Waals surface area (Å²) in [6, 6.07) is 16.7. The number of pyridine rings is 1. The highest BCUT2D eigenvalue weighted by atomic mass is 14.7. The molecule has 1 heterocycles. The van der Waals surface area contributed by atoms with Gasteiger partial charge in [-0.15, -0.1) is 0 Å². The Morgan fingerprint density at radius 2 is 1.67 bits per heavy atom. The van der Waals surface area contributed by atoms with Crippen molar-refractivity contribution in [3.05, 3.63) is 77.0 Å². The zero-order valence-corrected chi connectivity index (χ0v) is 12.5. The summed E-state index contributed by atoms with van der Waals surface area (Å²) in [5, 5.41) is 1.20. The number of rotatable bonds is 3. The van der Waals surface area contributed by atoms with Crippen molar-refractivity contribution in [2.75, 3.05) is 0 Å². The van der Waals surface area contributed by atoms with E-state index in [9.17, 15) is 0 Å². The first-order valence-electron chi connectivity index (χ1n) is 7.31. The fourth-order valence-electron chi connectivity index (χ4n) is 3.08. The molecule has 2 heteroatoms. The summed E-state index contributed by atoms with van der Waals surface area (Å²) in [4.78, 5) is 4.42. The van der Waals surface area contributed by atoms with Gasteiger partial charge in [0.15, 0.2) is 0 Å². The van der Waals surface area contributed by atoms with Gasteiger partial charge in [-0.3, -0.25) is 4.98 Å². The zero-order valence-electron chi connectivity index (χ0n) is 12.5. The Bertz CT molecular complexity index is 752. The molecule has 0 fully saturated rings. The monoisotopic (exact) mass is 276 g/mol. The molecule has 0 aliphatic rings. The van der Waals surface area contributed by atoms with Crippen LogP contribution in [0, 0.1) is 13.8 Å². The van der Waals surface area contributed by atoms with Gasteiger partial charge in [0, 0.05) is 17.6 Å². The fraction of sp³-hybridized carbons (Fsp3) is 0.211. The fourth-order valence-corrected chi connectivity index (χ4v) is 3.08. The summed E-state index contributed by atoms with van der Waals surface area (Å²) >= 11 is 0. The van der Waals surface area contributed by atoms with Crippen LogP contribution in [0.5, 0.6) is 0 Å². The lowest BCUT2D eigenvalue weighted by molar-refractivity contribution is 0.714. The van der Waals surface area contributed by atoms with Crippen LogP contribution in [0.1, 0.15) is 28.3 Å². The highest BCUT2D eigenvalue weighted by Crippen LogP contribution is 2.26. The summed E-state index contributed by atoms with van der Waals surface area (Å²) in [5.41, 5.74) is 12.6. The first-order valence-corrected chi connectivity index (χ1v) is 7.31. The summed E-state index contributed by atoms with van der Waals surface area (Å²) < 4.78 is 0. The van der Waals surface area contributed by atoms with E-state index in [2.05, 4.69) is 55.2 Å². The molecule has 0 saturated heterocycles. The van der Waals surface area contributed by atoms with E-state index in [1.807, 2.05) is 18.3 Å². The van der Waals surface area contributed by atoms with Crippen molar-refractivity contribution in [2.24, 2.45) is 5.73 Å². The summed E-state index contributed by atoms with van der Waals surface area (Å²) in [5.74, 6) is 0. The van der Waals surface area contributed by atoms with Gasteiger partial charge < -0.3 is 5.73 Å². The average molecular weight is 276 g/mol. The minimum atomic E-state index is 0.0111. The molecule has 0 spiro atoms. The highest BCUT2D eigenvalue weighted by molar-refractivity contribution is 5.81. The second-order valence-corrected chi connectivity index (χ2v) is 5.60. The maximum Gasteiger partial charge on any atom is 0.0704 e. The van der Waals surface area contributed by atoms with E-state index in [0.717, 1.165) is 11.9 Å². The number of aromatic nitrogens is 1. The van der Waals surface area contributed by atoms with Crippen LogP contribution in [0.15, 0.2) is 54.7 Å². The average Bonchev–Trinajstić information content (AvgIpc) is 2.47. The molecule has 0 amide bonds. The molecule has 2 aromatic carbocycles. The molecule has 1 atom stereocenters. The van der Waals surface area contributed by atoms with E-state index in [4.69, 9.17) is 5.73 Å². The minimum absolute atomic E-state index is 0.0111. The molecule has 3 rings (SSSR count). The molecule has 21 heavy (non-hydrogen) atoms. The predicted octanol–water partition coefficient (Wildman–Crippen LogP) is 4.09. The molecule has 0 saturated carbocycles. The number of fused-ring (bicyclic) bond motifs is 1. The molecule has 2 N–H and O–H groups in total. The standard InChI is InChI=1S/C19H20N2/c1-13-6-5-7-14(2)19(13)17(20)12-15-10-11-21-18-9-4-3-8-16(15)18/h3-11,17H,12,20H2,1-2H3. The summed E-state index contributed by atoms with van der Waals surface area (Å²) in [6.45, 7) is 4.26. The lowest BCUT2D eigenvalue weighted by atomic mass is 9.91. The first-order chi connectivity index (χ1) is 10.2. The minimum Gasteiger partial charge on any atom is -0.324 e. The van der Waals surface area contributed by atoms with E-state index in [0.29, 0.717) is 0 Å². The van der Waals surface area contributed by atoms with E-state index in [1.165, 1.54) is 27.6 Å². The molecule has 0 radical (unpaired) electrons. The van der Waals surface area contributed by atoms with Crippen molar-refractivity contribution < 1.29 is 0 Å². The zero-order chi connectivity index (χ0) is 14.8. The smallest absolute Gasteiger partial charge is 0.0704 e. The molecule has 0 bridgehead atoms. The molecule has 1 aromatic heterocycles. The molecule has 3 aromatic rings. The van der Waals surface area contributed by atoms with Gasteiger partial charge in [0.1, 0.15) is 0 Å². The van der Waals surface area contributed by atoms with E-state index >= 15 is 0 Å². The van der Waals surface area contributed by atoms with Crippen molar-refractivity contribution in [1.82, 2.24) is 4.98 Å². The maximum atomic E-state index is 6.50. The van der Waals surface area contributed by atoms with Crippen molar-refractivity contribution in [3.8, 4) is 0 Å². The maximum absolute atomic E-state index is 6.50. The van der Waals surface area contributed by atoms with E-state index < -0.39 is 0 Å². The Balaban J connectivity index is 1.99. The molecule has 1 unspecified atom stereocenters. The normalized spacial score (nSPS) is 12.5. The van der Waals surface area contributed by atoms with Gasteiger partial charge >= 0.3 is 0 Å². The molecule has 2 nitrogen and oxygen atoms in total. The van der Waals surface area contributed by atoms with Crippen LogP contribution in [-0.2, 0) is 6.42 Å². The first kappa shape index (κ1) is 13.8. The van der Waals surface area contributed by atoms with Gasteiger partial charge in [0.25, 0.3) is 0 Å². The topological polar surface area (TPSA) is 38.9 Å². The van der Waals surface area contributed by atoms with Crippen LogP contribution in [0.4, 0.5) is 0 Å².